The molecular weight excluding hydrogens is 502 g/mol. The predicted molar refractivity (Wildman–Crippen MR) is 152 cm³/mol. The van der Waals surface area contributed by atoms with Gasteiger partial charge in [-0.3, -0.25) is 10.1 Å². The Hall–Kier alpha value is -4.11. The van der Waals surface area contributed by atoms with Crippen LogP contribution in [0.3, 0.4) is 0 Å². The normalized spacial score (nSPS) is 10.9. The van der Waals surface area contributed by atoms with Crippen LogP contribution in [0.2, 0.25) is 0 Å². The monoisotopic (exact) mass is 533 g/mol. The average molecular weight is 534 g/mol. The van der Waals surface area contributed by atoms with Crippen molar-refractivity contribution in [1.82, 2.24) is 29.7 Å². The molecule has 0 unspecified atom stereocenters. The van der Waals surface area contributed by atoms with E-state index in [4.69, 9.17) is 14.5 Å². The lowest BCUT2D eigenvalue weighted by atomic mass is 10.1. The molecule has 0 aliphatic heterocycles. The summed E-state index contributed by atoms with van der Waals surface area (Å²) in [5, 5.41) is 7.11. The molecule has 198 valence electrons. The van der Waals surface area contributed by atoms with Gasteiger partial charge >= 0.3 is 0 Å². The van der Waals surface area contributed by atoms with E-state index in [1.807, 2.05) is 44.3 Å². The Labute approximate surface area is 228 Å². The largest absolute Gasteiger partial charge is 0.497 e. The topological polar surface area (TPSA) is 94.0 Å². The van der Waals surface area contributed by atoms with Gasteiger partial charge in [-0.25, -0.2) is 9.97 Å². The summed E-state index contributed by atoms with van der Waals surface area (Å²) in [7, 11) is 3.33. The van der Waals surface area contributed by atoms with E-state index in [1.165, 1.54) is 0 Å². The first-order valence-electron chi connectivity index (χ1n) is 12.2. The fourth-order valence-electron chi connectivity index (χ4n) is 4.57. The summed E-state index contributed by atoms with van der Waals surface area (Å²) >= 11 is 0. The molecule has 9 nitrogen and oxygen atoms in total. The molecule has 0 bridgehead atoms. The zero-order valence-electron chi connectivity index (χ0n) is 22.2. The number of aromatic amines is 1. The molecule has 1 N–H and O–H groups in total. The second-order valence-electron chi connectivity index (χ2n) is 9.01. The molecule has 0 radical (unpaired) electrons. The lowest BCUT2D eigenvalue weighted by molar-refractivity contribution is 0.394. The van der Waals surface area contributed by atoms with E-state index < -0.39 is 0 Å². The minimum Gasteiger partial charge on any atom is -0.497 e. The fourth-order valence-corrected chi connectivity index (χ4v) is 4.57. The highest BCUT2D eigenvalue weighted by Crippen LogP contribution is 2.34. The zero-order valence-corrected chi connectivity index (χ0v) is 23.0. The molecule has 0 fully saturated rings. The van der Waals surface area contributed by atoms with Gasteiger partial charge in [0.1, 0.15) is 17.3 Å². The van der Waals surface area contributed by atoms with Gasteiger partial charge in [-0.1, -0.05) is 0 Å². The molecule has 5 rings (SSSR count). The molecule has 2 aromatic carbocycles. The van der Waals surface area contributed by atoms with Crippen LogP contribution in [0.25, 0.3) is 22.3 Å². The van der Waals surface area contributed by atoms with Crippen LogP contribution in [0.1, 0.15) is 23.6 Å². The molecule has 10 heteroatoms. The number of aryl methyl sites for hydroxylation is 3. The van der Waals surface area contributed by atoms with Crippen molar-refractivity contribution in [2.24, 2.45) is 0 Å². The van der Waals surface area contributed by atoms with Crippen molar-refractivity contribution >= 4 is 34.8 Å². The van der Waals surface area contributed by atoms with Crippen molar-refractivity contribution < 1.29 is 9.47 Å². The first kappa shape index (κ1) is 26.9. The Kier molecular flexibility index (Phi) is 8.16. The van der Waals surface area contributed by atoms with Crippen LogP contribution in [-0.4, -0.2) is 50.5 Å². The maximum absolute atomic E-state index is 5.57. The van der Waals surface area contributed by atoms with Crippen LogP contribution in [-0.2, 0) is 6.54 Å². The SMILES string of the molecule is COc1cc(OC)cc(N(CCCn2c(C)cnc2C)c2ccc3ncc(-c4cn[nH]c4C)nc3c2)c1.Cl. The quantitative estimate of drug-likeness (QED) is 0.255. The Morgan fingerprint density at radius 2 is 1.63 bits per heavy atom. The standard InChI is InChI=1S/C28H31N7O2.ClH/c1-18-15-29-20(3)34(18)9-6-10-35(22-11-23(36-4)14-24(12-22)37-5)21-7-8-26-27(13-21)32-28(17-30-26)25-16-31-33-19(25)2;/h7-8,11-17H,6,9-10H2,1-5H3,(H,31,33);1H. The number of ether oxygens (including phenoxy) is 2. The number of benzene rings is 2. The van der Waals surface area contributed by atoms with Gasteiger partial charge < -0.3 is 18.9 Å². The van der Waals surface area contributed by atoms with E-state index in [0.29, 0.717) is 0 Å². The molecule has 0 aliphatic rings. The van der Waals surface area contributed by atoms with Gasteiger partial charge in [0.2, 0.25) is 0 Å². The first-order valence-corrected chi connectivity index (χ1v) is 12.2. The average Bonchev–Trinajstić information content (AvgIpc) is 3.49. The van der Waals surface area contributed by atoms with Crippen molar-refractivity contribution in [2.75, 3.05) is 25.7 Å². The number of rotatable bonds is 9. The summed E-state index contributed by atoms with van der Waals surface area (Å²) in [6.45, 7) is 7.75. The van der Waals surface area contributed by atoms with Gasteiger partial charge in [0.05, 0.1) is 43.3 Å². The third kappa shape index (κ3) is 5.43. The molecule has 3 aromatic heterocycles. The van der Waals surface area contributed by atoms with Crippen LogP contribution in [0.4, 0.5) is 11.4 Å². The third-order valence-electron chi connectivity index (χ3n) is 6.61. The maximum atomic E-state index is 5.57. The van der Waals surface area contributed by atoms with Crippen LogP contribution >= 0.6 is 12.4 Å². The number of methoxy groups -OCH3 is 2. The Morgan fingerprint density at radius 1 is 0.868 bits per heavy atom. The van der Waals surface area contributed by atoms with Crippen molar-refractivity contribution in [3.05, 3.63) is 72.2 Å². The highest BCUT2D eigenvalue weighted by atomic mass is 35.5. The molecule has 38 heavy (non-hydrogen) atoms. The summed E-state index contributed by atoms with van der Waals surface area (Å²) in [4.78, 5) is 16.3. The highest BCUT2D eigenvalue weighted by Gasteiger charge is 2.15. The van der Waals surface area contributed by atoms with Gasteiger partial charge in [0.25, 0.3) is 0 Å². The van der Waals surface area contributed by atoms with Crippen molar-refractivity contribution in [3.8, 4) is 22.8 Å². The number of nitrogens with zero attached hydrogens (tertiary/aromatic N) is 6. The molecule has 0 amide bonds. The highest BCUT2D eigenvalue weighted by molar-refractivity contribution is 5.85. The smallest absolute Gasteiger partial charge is 0.124 e. The van der Waals surface area contributed by atoms with Gasteiger partial charge in [-0.15, -0.1) is 12.4 Å². The van der Waals surface area contributed by atoms with Gasteiger partial charge in [0.15, 0.2) is 0 Å². The number of hydrogen-bond donors (Lipinski definition) is 1. The van der Waals surface area contributed by atoms with Crippen LogP contribution < -0.4 is 14.4 Å². The maximum Gasteiger partial charge on any atom is 0.124 e. The lowest BCUT2D eigenvalue weighted by Gasteiger charge is -2.26. The van der Waals surface area contributed by atoms with E-state index in [1.54, 1.807) is 26.6 Å². The minimum absolute atomic E-state index is 0. The summed E-state index contributed by atoms with van der Waals surface area (Å²) < 4.78 is 13.4. The number of nitrogens with one attached hydrogen (secondary N) is 1. The molecule has 0 spiro atoms. The number of anilines is 2. The zero-order chi connectivity index (χ0) is 25.9. The van der Waals surface area contributed by atoms with Crippen molar-refractivity contribution in [2.45, 2.75) is 33.7 Å². The number of hydrogen-bond acceptors (Lipinski definition) is 7. The molecule has 0 saturated heterocycles. The number of H-pyrrole nitrogens is 1. The number of fused-ring (bicyclic) bond motifs is 1. The van der Waals surface area contributed by atoms with Crippen LogP contribution in [0.5, 0.6) is 11.5 Å². The number of halogens is 1. The predicted octanol–water partition coefficient (Wildman–Crippen LogP) is 5.81. The number of imidazole rings is 1. The summed E-state index contributed by atoms with van der Waals surface area (Å²) in [6.07, 6.45) is 6.40. The Morgan fingerprint density at radius 3 is 2.26 bits per heavy atom. The summed E-state index contributed by atoms with van der Waals surface area (Å²) in [6, 6.07) is 12.1. The van der Waals surface area contributed by atoms with E-state index in [9.17, 15) is 0 Å². The third-order valence-corrected chi connectivity index (χ3v) is 6.61. The molecule has 5 aromatic rings. The Balaban J connectivity index is 0.00000336. The lowest BCUT2D eigenvalue weighted by Crippen LogP contribution is -2.20. The molecule has 0 atom stereocenters. The first-order chi connectivity index (χ1) is 18.0. The van der Waals surface area contributed by atoms with E-state index in [0.717, 1.165) is 81.9 Å². The van der Waals surface area contributed by atoms with Crippen molar-refractivity contribution in [3.63, 3.8) is 0 Å². The van der Waals surface area contributed by atoms with Crippen molar-refractivity contribution in [1.29, 1.82) is 0 Å². The molecular formula is C28H32ClN7O2. The second-order valence-corrected chi connectivity index (χ2v) is 9.01. The van der Waals surface area contributed by atoms with Crippen LogP contribution in [0.15, 0.2) is 55.0 Å². The summed E-state index contributed by atoms with van der Waals surface area (Å²) in [5.74, 6) is 2.49. The molecule has 0 saturated carbocycles. The van der Waals surface area contributed by atoms with E-state index >= 15 is 0 Å². The van der Waals surface area contributed by atoms with Gasteiger partial charge in [-0.05, 0) is 45.4 Å². The van der Waals surface area contributed by atoms with E-state index in [2.05, 4.69) is 48.7 Å². The van der Waals surface area contributed by atoms with Gasteiger partial charge in [0, 0.05) is 65.8 Å². The minimum atomic E-state index is 0. The number of aromatic nitrogens is 6. The van der Waals surface area contributed by atoms with Gasteiger partial charge in [-0.2, -0.15) is 5.10 Å². The molecule has 0 aliphatic carbocycles. The Bertz CT molecular complexity index is 1500. The molecule has 3 heterocycles. The fraction of sp³-hybridized carbons (Fsp3) is 0.286. The second kappa shape index (κ2) is 11.5. The van der Waals surface area contributed by atoms with E-state index in [-0.39, 0.29) is 12.4 Å². The summed E-state index contributed by atoms with van der Waals surface area (Å²) in [5.41, 5.74) is 7.49. The van der Waals surface area contributed by atoms with Crippen LogP contribution in [0, 0.1) is 20.8 Å².